The maximum Gasteiger partial charge on any atom is 0.333 e. The van der Waals surface area contributed by atoms with Crippen LogP contribution in [0.25, 0.3) is 0 Å². The average Bonchev–Trinajstić information content (AvgIpc) is 0.773. The number of carbonyl (C=O) groups is 10. The van der Waals surface area contributed by atoms with Crippen molar-refractivity contribution in [3.05, 3.63) is 140 Å². The molecule has 0 N–H and O–H groups in total. The van der Waals surface area contributed by atoms with Crippen molar-refractivity contribution in [3.8, 4) is 23.0 Å². The number of Topliss-reactive ketones (excluding diaryl/α,β-unsaturated/α-hetero) is 4. The summed E-state index contributed by atoms with van der Waals surface area (Å²) < 4.78 is 59.4. The minimum Gasteiger partial charge on any atom is -0.489 e. The lowest BCUT2D eigenvalue weighted by atomic mass is 9.86. The summed E-state index contributed by atoms with van der Waals surface area (Å²) in [4.78, 5) is 136. The van der Waals surface area contributed by atoms with Crippen molar-refractivity contribution in [2.75, 3.05) is 66.1 Å². The maximum atomic E-state index is 14.8. The molecule has 0 atom stereocenters. The Labute approximate surface area is 577 Å². The Morgan fingerprint density at radius 1 is 0.306 bits per heavy atom. The molecule has 98 heavy (non-hydrogen) atoms. The molecular formula is C78H100O20. The molecule has 0 spiro atoms. The Kier molecular flexibility index (Phi) is 34.7. The lowest BCUT2D eigenvalue weighted by Crippen LogP contribution is -2.18. The van der Waals surface area contributed by atoms with E-state index < -0.39 is 48.7 Å². The number of carbonyl (C=O) groups excluding carboxylic acids is 10. The molecular weight excluding hydrogens is 1260 g/mol. The summed E-state index contributed by atoms with van der Waals surface area (Å²) in [6, 6.07) is 13.9. The van der Waals surface area contributed by atoms with Crippen LogP contribution in [0.15, 0.2) is 72.8 Å². The van der Waals surface area contributed by atoms with E-state index in [1.807, 2.05) is 27.7 Å². The molecule has 0 saturated heterocycles. The van der Waals surface area contributed by atoms with Crippen LogP contribution in [0, 0.1) is 0 Å². The quantitative estimate of drug-likeness (QED) is 0.00876. The predicted octanol–water partition coefficient (Wildman–Crippen LogP) is 14.2. The number of fused-ring (bicyclic) bond motifs is 8. The Bertz CT molecular complexity index is 3140. The fraction of sp³-hybridized carbons (Fsp3) is 0.513. The summed E-state index contributed by atoms with van der Waals surface area (Å²) in [7, 11) is 0. The summed E-state index contributed by atoms with van der Waals surface area (Å²) in [5.41, 5.74) is 5.06. The van der Waals surface area contributed by atoms with Crippen LogP contribution in [-0.2, 0) is 82.9 Å². The van der Waals surface area contributed by atoms with E-state index in [1.165, 1.54) is 13.8 Å². The van der Waals surface area contributed by atoms with E-state index in [4.69, 9.17) is 47.4 Å². The third-order valence-corrected chi connectivity index (χ3v) is 16.0. The number of hydrogen-bond acceptors (Lipinski definition) is 20. The van der Waals surface area contributed by atoms with Gasteiger partial charge in [-0.15, -0.1) is 0 Å². The molecule has 0 aliphatic heterocycles. The molecule has 4 aromatic rings. The molecule has 0 radical (unpaired) electrons. The highest BCUT2D eigenvalue weighted by Gasteiger charge is 2.29. The average molecular weight is 1360 g/mol. The second kappa shape index (κ2) is 42.7. The highest BCUT2D eigenvalue weighted by Crippen LogP contribution is 2.42. The first-order chi connectivity index (χ1) is 47.1. The number of esters is 6. The molecule has 20 heteroatoms. The standard InChI is InChI=1S/C78H100O20/c1-11-17-21-25-65(79)53-37-57-45-61-41-55(67(81)27-23-19-13-3)43-63(75(61)95-33-35-97-77(87)51(7)8)47-59-39-54(66(80)26-22-18-12-2)40-60(74(59)94-32-30-92-72(86)50-70(84)90-16-6)48-64-44-56(68(82)28-24-20-14-4)42-62(76(64)96-34-36-98-78(88)52(9)10)46-58(38-53)73(57)93-31-29-91-71(85)49-69(83)89-15-5/h37-44H,7,9,11-36,45-50H2,1-6,8,10H3. The van der Waals surface area contributed by atoms with Crippen molar-refractivity contribution < 1.29 is 95.3 Å². The lowest BCUT2D eigenvalue weighted by Gasteiger charge is -2.25. The van der Waals surface area contributed by atoms with Crippen LogP contribution >= 0.6 is 0 Å². The Hall–Kier alpha value is -8.94. The molecule has 0 saturated carbocycles. The van der Waals surface area contributed by atoms with Crippen molar-refractivity contribution in [3.63, 3.8) is 0 Å². The zero-order valence-corrected chi connectivity index (χ0v) is 58.8. The first-order valence-electron chi connectivity index (χ1n) is 34.7. The van der Waals surface area contributed by atoms with Crippen molar-refractivity contribution in [2.24, 2.45) is 0 Å². The first kappa shape index (κ1) is 79.7. The van der Waals surface area contributed by atoms with E-state index in [2.05, 4.69) is 13.2 Å². The van der Waals surface area contributed by atoms with Crippen LogP contribution in [0.1, 0.15) is 257 Å². The lowest BCUT2D eigenvalue weighted by molar-refractivity contribution is -0.156. The monoisotopic (exact) mass is 1360 g/mol. The number of benzene rings is 4. The van der Waals surface area contributed by atoms with E-state index in [1.54, 1.807) is 62.4 Å². The van der Waals surface area contributed by atoms with Crippen molar-refractivity contribution >= 4 is 58.9 Å². The number of unbranched alkanes of at least 4 members (excludes halogenated alkanes) is 8. The van der Waals surface area contributed by atoms with Crippen LogP contribution in [0.4, 0.5) is 0 Å². The van der Waals surface area contributed by atoms with Gasteiger partial charge in [0.05, 0.1) is 13.2 Å². The SMILES string of the molecule is C=C(C)C(=O)OCCOc1c2cc(C(=O)CCCCC)cc1Cc1cc(C(=O)CCCCC)cc(c1OCCOC(=O)CC(=O)OCC)Cc1cc(C(=O)CCCCC)cc(c1OCCOC(=O)C(=C)C)Cc1cc(C(=O)CCCCC)cc(c1OCCOC(=O)CC(=O)OCC)C2. The summed E-state index contributed by atoms with van der Waals surface area (Å²) in [6.45, 7) is 19.9. The molecule has 0 heterocycles. The van der Waals surface area contributed by atoms with Crippen LogP contribution in [0.3, 0.4) is 0 Å². The summed E-state index contributed by atoms with van der Waals surface area (Å²) in [5, 5.41) is 0. The summed E-state index contributed by atoms with van der Waals surface area (Å²) in [6.07, 6.45) is 7.98. The second-order valence-electron chi connectivity index (χ2n) is 24.4. The molecule has 20 nitrogen and oxygen atoms in total. The normalized spacial score (nSPS) is 11.5. The first-order valence-corrected chi connectivity index (χ1v) is 34.7. The molecule has 1 aliphatic carbocycles. The number of hydrogen-bond donors (Lipinski definition) is 0. The fourth-order valence-electron chi connectivity index (χ4n) is 11.2. The number of rotatable bonds is 44. The van der Waals surface area contributed by atoms with Gasteiger partial charge in [0.2, 0.25) is 0 Å². The van der Waals surface area contributed by atoms with Gasteiger partial charge in [0.1, 0.15) is 88.7 Å². The number of ether oxygens (including phenoxy) is 10. The topological polar surface area (TPSA) is 263 Å². The van der Waals surface area contributed by atoms with E-state index in [0.717, 1.165) is 51.4 Å². The van der Waals surface area contributed by atoms with Gasteiger partial charge in [-0.2, -0.15) is 0 Å². The summed E-state index contributed by atoms with van der Waals surface area (Å²) >= 11 is 0. The van der Waals surface area contributed by atoms with Gasteiger partial charge in [0, 0.05) is 84.8 Å². The molecule has 532 valence electrons. The Morgan fingerprint density at radius 3 is 0.724 bits per heavy atom. The van der Waals surface area contributed by atoms with E-state index >= 15 is 0 Å². The molecule has 0 unspecified atom stereocenters. The smallest absolute Gasteiger partial charge is 0.333 e. The van der Waals surface area contributed by atoms with Crippen LogP contribution < -0.4 is 18.9 Å². The van der Waals surface area contributed by atoms with Gasteiger partial charge in [-0.25, -0.2) is 9.59 Å². The van der Waals surface area contributed by atoms with Gasteiger partial charge in [-0.05, 0) is 146 Å². The zero-order chi connectivity index (χ0) is 71.5. The van der Waals surface area contributed by atoms with Crippen LogP contribution in [0.5, 0.6) is 23.0 Å². The Morgan fingerprint density at radius 2 is 0.520 bits per heavy atom. The van der Waals surface area contributed by atoms with Crippen LogP contribution in [-0.4, -0.2) is 125 Å². The van der Waals surface area contributed by atoms with Gasteiger partial charge >= 0.3 is 35.8 Å². The van der Waals surface area contributed by atoms with E-state index in [-0.39, 0.29) is 175 Å². The highest BCUT2D eigenvalue weighted by atomic mass is 16.6. The van der Waals surface area contributed by atoms with E-state index in [0.29, 0.717) is 92.4 Å². The molecule has 4 aromatic carbocycles. The highest BCUT2D eigenvalue weighted by molar-refractivity contribution is 5.99. The minimum atomic E-state index is -0.852. The third kappa shape index (κ3) is 26.1. The fourth-order valence-corrected chi connectivity index (χ4v) is 11.2. The van der Waals surface area contributed by atoms with Gasteiger partial charge in [-0.3, -0.25) is 38.4 Å². The van der Waals surface area contributed by atoms with Gasteiger partial charge in [0.15, 0.2) is 23.1 Å². The molecule has 8 bridgehead atoms. The number of ketones is 4. The summed E-state index contributed by atoms with van der Waals surface area (Å²) in [5.74, 6) is -4.26. The zero-order valence-electron chi connectivity index (χ0n) is 58.8. The molecule has 0 fully saturated rings. The molecule has 0 aromatic heterocycles. The molecule has 1 aliphatic rings. The van der Waals surface area contributed by atoms with Gasteiger partial charge < -0.3 is 47.4 Å². The van der Waals surface area contributed by atoms with Crippen LogP contribution in [0.2, 0.25) is 0 Å². The Balaban J connectivity index is 2.01. The minimum absolute atomic E-state index is 0.0578. The van der Waals surface area contributed by atoms with E-state index in [9.17, 15) is 47.9 Å². The van der Waals surface area contributed by atoms with Crippen molar-refractivity contribution in [1.82, 2.24) is 0 Å². The predicted molar refractivity (Wildman–Crippen MR) is 369 cm³/mol. The van der Waals surface area contributed by atoms with Gasteiger partial charge in [-0.1, -0.05) is 92.2 Å². The molecule has 5 rings (SSSR count). The van der Waals surface area contributed by atoms with Gasteiger partial charge in [0.25, 0.3) is 0 Å². The largest absolute Gasteiger partial charge is 0.489 e. The second-order valence-corrected chi connectivity index (χ2v) is 24.4. The maximum absolute atomic E-state index is 14.8. The molecule has 0 amide bonds. The van der Waals surface area contributed by atoms with Crippen molar-refractivity contribution in [1.29, 1.82) is 0 Å². The van der Waals surface area contributed by atoms with Crippen molar-refractivity contribution in [2.45, 2.75) is 197 Å². The third-order valence-electron chi connectivity index (χ3n) is 16.0.